The maximum atomic E-state index is 14.5. The van der Waals surface area contributed by atoms with Crippen LogP contribution >= 0.6 is 0 Å². The lowest BCUT2D eigenvalue weighted by atomic mass is 10.2. The lowest BCUT2D eigenvalue weighted by molar-refractivity contribution is -0.552. The van der Waals surface area contributed by atoms with Crippen LogP contribution in [0.4, 0.5) is 93.6 Å². The van der Waals surface area contributed by atoms with Crippen LogP contribution in [-0.2, 0) is 23.9 Å². The predicted molar refractivity (Wildman–Crippen MR) is 129 cm³/mol. The number of halogens is 20. The van der Waals surface area contributed by atoms with E-state index in [1.54, 1.807) is 29.6 Å². The summed E-state index contributed by atoms with van der Waals surface area (Å²) in [7, 11) is -1.89. The summed E-state index contributed by atoms with van der Waals surface area (Å²) in [4.78, 5) is 13.5. The Morgan fingerprint density at radius 1 is 0.780 bits per heavy atom. The van der Waals surface area contributed by atoms with Gasteiger partial charge < -0.3 is 9.64 Å². The molecule has 2 unspecified atom stereocenters. The second-order valence-corrected chi connectivity index (χ2v) is 14.4. The van der Waals surface area contributed by atoms with E-state index >= 15 is 0 Å². The zero-order valence-electron chi connectivity index (χ0n) is 24.8. The largest absolute Gasteiger partial charge is 0.478 e. The van der Waals surface area contributed by atoms with E-state index in [0.717, 1.165) is 6.07 Å². The zero-order valence-corrected chi connectivity index (χ0v) is 25.8. The second-order valence-electron chi connectivity index (χ2n) is 9.99. The molecule has 0 aliphatic carbocycles. The lowest BCUT2D eigenvalue weighted by Gasteiger charge is -2.36. The minimum absolute atomic E-state index is 0.0498. The second kappa shape index (κ2) is 15.0. The Kier molecular flexibility index (Phi) is 14.1. The molecule has 0 bridgehead atoms. The van der Waals surface area contributed by atoms with Gasteiger partial charge in [-0.2, -0.15) is 83.4 Å². The van der Waals surface area contributed by atoms with Crippen LogP contribution < -0.4 is 10.1 Å². The Labute approximate surface area is 267 Å². The number of hydrogen-bond acceptors (Lipinski definition) is 5. The van der Waals surface area contributed by atoms with Gasteiger partial charge in [0.1, 0.15) is 14.5 Å². The van der Waals surface area contributed by atoms with E-state index in [2.05, 4.69) is 16.1 Å². The van der Waals surface area contributed by atoms with Crippen molar-refractivity contribution in [1.29, 1.82) is 0 Å². The first-order chi connectivity index (χ1) is 21.8. The molecule has 1 aromatic carbocycles. The Morgan fingerprint density at radius 3 is 1.62 bits per heavy atom. The first kappa shape index (κ1) is 47.1. The average molecular weight is 799 g/mol. The van der Waals surface area contributed by atoms with Crippen molar-refractivity contribution in [1.82, 2.24) is 0 Å². The molecule has 0 saturated carbocycles. The number of ether oxygens (including phenoxy) is 3. The van der Waals surface area contributed by atoms with Crippen LogP contribution in [0.3, 0.4) is 0 Å². The summed E-state index contributed by atoms with van der Waals surface area (Å²) in [5, 5.41) is 0.564. The van der Waals surface area contributed by atoms with Gasteiger partial charge >= 0.3 is 60.6 Å². The molecule has 50 heavy (non-hydrogen) atoms. The highest BCUT2D eigenvalue weighted by Gasteiger charge is 2.80. The smallest absolute Gasteiger partial charge is 0.319 e. The summed E-state index contributed by atoms with van der Waals surface area (Å²) in [5.74, 6) is -15.1. The molecular formula is C23H21F20NO5Si. The number of anilines is 1. The molecule has 1 rings (SSSR count). The van der Waals surface area contributed by atoms with Gasteiger partial charge in [-0.25, -0.2) is 0 Å². The number of rotatable bonds is 13. The Hall–Kier alpha value is -2.91. The van der Waals surface area contributed by atoms with Crippen LogP contribution in [0.5, 0.6) is 0 Å². The summed E-state index contributed by atoms with van der Waals surface area (Å²) in [5.41, 5.74) is 1.30. The zero-order chi connectivity index (χ0) is 40.4. The monoisotopic (exact) mass is 799 g/mol. The van der Waals surface area contributed by atoms with E-state index in [1.165, 1.54) is 17.1 Å². The molecule has 0 saturated heterocycles. The molecule has 6 nitrogen and oxygen atoms in total. The van der Waals surface area contributed by atoms with Crippen LogP contribution in [-0.4, -0.2) is 82.8 Å². The van der Waals surface area contributed by atoms with Crippen molar-refractivity contribution < 1.29 is 112 Å². The third-order valence-corrected chi connectivity index (χ3v) is 8.65. The fraction of sp³-hybridized carbons (Fsp3) is 0.609. The minimum Gasteiger partial charge on any atom is -0.319 e. The van der Waals surface area contributed by atoms with E-state index in [-0.39, 0.29) is 17.7 Å². The summed E-state index contributed by atoms with van der Waals surface area (Å²) in [6.07, 6.45) is -47.2. The van der Waals surface area contributed by atoms with E-state index < -0.39 is 75.1 Å². The molecule has 1 aromatic rings. The van der Waals surface area contributed by atoms with E-state index in [4.69, 9.17) is 0 Å². The fourth-order valence-corrected chi connectivity index (χ4v) is 4.24. The van der Waals surface area contributed by atoms with Gasteiger partial charge in [-0.3, -0.25) is 14.3 Å². The number of amides is 1. The highest BCUT2D eigenvalue weighted by atomic mass is 28.3. The van der Waals surface area contributed by atoms with Gasteiger partial charge in [0.15, 0.2) is 0 Å². The highest BCUT2D eigenvalue weighted by molar-refractivity contribution is 6.93. The van der Waals surface area contributed by atoms with Crippen LogP contribution in [0.2, 0.25) is 13.1 Å². The molecule has 0 heterocycles. The van der Waals surface area contributed by atoms with Gasteiger partial charge in [-0.15, -0.1) is 11.5 Å². The van der Waals surface area contributed by atoms with Gasteiger partial charge in [-0.1, -0.05) is 36.1 Å². The third-order valence-electron chi connectivity index (χ3n) is 5.83. The highest BCUT2D eigenvalue weighted by Crippen LogP contribution is 2.52. The van der Waals surface area contributed by atoms with Crippen molar-refractivity contribution in [3.8, 4) is 0 Å². The molecular weight excluding hydrogens is 778 g/mol. The van der Waals surface area contributed by atoms with Crippen LogP contribution in [0.25, 0.3) is 0 Å². The van der Waals surface area contributed by atoms with Crippen molar-refractivity contribution in [3.63, 3.8) is 0 Å². The first-order valence-electron chi connectivity index (χ1n) is 12.2. The standard InChI is InChI=1S/C17H18F9NO2Si.C6H3F11O3/c1-5-30(3,4)12-8-6-7-11(9-12)27(2)13(28)16(23,17(24,25)26)29-15(21,22)10-14(18,19)20;1-18-4(11,12)2(7,3(8,9)10)19-5(13,14)6(15,16)20-17/h5-9H,1,10H2,2-4H3;1H3. The van der Waals surface area contributed by atoms with Crippen LogP contribution in [0, 0.1) is 0 Å². The molecule has 1 amide bonds. The lowest BCUT2D eigenvalue weighted by Crippen LogP contribution is -2.63. The molecule has 292 valence electrons. The quantitative estimate of drug-likeness (QED) is 0.148. The normalized spacial score (nSPS) is 16.5. The van der Waals surface area contributed by atoms with Crippen LogP contribution in [0.15, 0.2) is 36.5 Å². The van der Waals surface area contributed by atoms with E-state index in [9.17, 15) is 92.7 Å². The molecule has 0 radical (unpaired) electrons. The number of likely N-dealkylation sites (N-methyl/N-ethyl adjacent to an activating group) is 1. The number of carbonyl (C=O) groups is 1. The first-order valence-corrected chi connectivity index (χ1v) is 15.3. The molecule has 0 aliphatic rings. The van der Waals surface area contributed by atoms with Crippen molar-refractivity contribution in [2.24, 2.45) is 0 Å². The van der Waals surface area contributed by atoms with Gasteiger partial charge in [-0.05, 0) is 16.7 Å². The number of carbonyl (C=O) groups excluding carboxylic acids is 1. The average Bonchev–Trinajstić information content (AvgIpc) is 2.93. The van der Waals surface area contributed by atoms with E-state index in [1.807, 2.05) is 0 Å². The van der Waals surface area contributed by atoms with E-state index in [0.29, 0.717) is 12.2 Å². The van der Waals surface area contributed by atoms with Crippen molar-refractivity contribution in [2.75, 3.05) is 19.1 Å². The number of alkyl halides is 19. The van der Waals surface area contributed by atoms with Crippen molar-refractivity contribution >= 4 is 24.9 Å². The molecule has 2 atom stereocenters. The maximum absolute atomic E-state index is 14.5. The summed E-state index contributed by atoms with van der Waals surface area (Å²) in [6, 6.07) is 5.24. The minimum atomic E-state index is -6.94. The van der Waals surface area contributed by atoms with Gasteiger partial charge in [0.05, 0.1) is 0 Å². The SMILES string of the molecule is C=C[Si](C)(C)c1cccc(N(C)C(=O)C(F)(OC(F)(F)CC(F)(F)F)C(F)(F)F)c1.COC(F)(F)C(F)(OC(F)(F)C(F)(F)OF)C(F)(F)F. The molecule has 0 N–H and O–H groups in total. The Morgan fingerprint density at radius 2 is 1.26 bits per heavy atom. The number of benzene rings is 1. The van der Waals surface area contributed by atoms with Crippen LogP contribution in [0.1, 0.15) is 6.42 Å². The predicted octanol–water partition coefficient (Wildman–Crippen LogP) is 8.64. The molecule has 0 aromatic heterocycles. The van der Waals surface area contributed by atoms with Crippen molar-refractivity contribution in [3.05, 3.63) is 36.5 Å². The number of nitrogens with zero attached hydrogens (tertiary/aromatic N) is 1. The van der Waals surface area contributed by atoms with Gasteiger partial charge in [0, 0.05) is 19.8 Å². The summed E-state index contributed by atoms with van der Waals surface area (Å²) in [6.45, 7) is 7.24. The summed E-state index contributed by atoms with van der Waals surface area (Å²) < 4.78 is 259. The molecule has 0 fully saturated rings. The summed E-state index contributed by atoms with van der Waals surface area (Å²) >= 11 is 0. The maximum Gasteiger partial charge on any atom is 0.478 e. The molecule has 0 aliphatic heterocycles. The molecule has 27 heteroatoms. The molecule has 0 spiro atoms. The van der Waals surface area contributed by atoms with Gasteiger partial charge in [0.25, 0.3) is 0 Å². The topological polar surface area (TPSA) is 57.2 Å². The number of methoxy groups -OCH3 is 1. The number of hydrogen-bond donors (Lipinski definition) is 0. The fourth-order valence-electron chi connectivity index (χ4n) is 2.96. The van der Waals surface area contributed by atoms with Gasteiger partial charge in [0.2, 0.25) is 0 Å². The van der Waals surface area contributed by atoms with Crippen molar-refractivity contribution in [2.45, 2.75) is 74.2 Å². The Balaban J connectivity index is 0.00000105. The third kappa shape index (κ3) is 10.8. The Bertz CT molecular complexity index is 1320.